The molecule has 0 spiro atoms. The number of methoxy groups -OCH3 is 1. The summed E-state index contributed by atoms with van der Waals surface area (Å²) < 4.78 is 41.3. The standard InChI is InChI=1S/C8H12F3N3OS/c1-15-5-4-12-3-2-6-13-14-7(16-6)8(9,10)11/h12H,2-5H2,1H3. The smallest absolute Gasteiger partial charge is 0.383 e. The van der Waals surface area contributed by atoms with Gasteiger partial charge in [-0.25, -0.2) is 0 Å². The zero-order valence-electron chi connectivity index (χ0n) is 8.67. The average molecular weight is 255 g/mol. The molecule has 1 rings (SSSR count). The molecular weight excluding hydrogens is 243 g/mol. The molecule has 1 aromatic rings. The Morgan fingerprint density at radius 3 is 2.62 bits per heavy atom. The summed E-state index contributed by atoms with van der Waals surface area (Å²) in [5.74, 6) is 0. The predicted octanol–water partition coefficient (Wildman–Crippen LogP) is 1.34. The quantitative estimate of drug-likeness (QED) is 0.779. The largest absolute Gasteiger partial charge is 0.445 e. The van der Waals surface area contributed by atoms with Crippen LogP contribution in [0.15, 0.2) is 0 Å². The predicted molar refractivity (Wildman–Crippen MR) is 53.4 cm³/mol. The molecule has 92 valence electrons. The second-order valence-corrected chi connectivity index (χ2v) is 4.05. The Hall–Kier alpha value is -0.730. The molecule has 0 radical (unpaired) electrons. The van der Waals surface area contributed by atoms with Crippen molar-refractivity contribution >= 4 is 11.3 Å². The van der Waals surface area contributed by atoms with Crippen LogP contribution in [-0.4, -0.2) is 37.0 Å². The molecule has 0 saturated heterocycles. The highest BCUT2D eigenvalue weighted by Crippen LogP contribution is 2.31. The molecule has 0 aliphatic carbocycles. The molecule has 1 heterocycles. The van der Waals surface area contributed by atoms with Crippen LogP contribution in [0.25, 0.3) is 0 Å². The molecule has 1 aromatic heterocycles. The van der Waals surface area contributed by atoms with Crippen LogP contribution in [-0.2, 0) is 17.3 Å². The van der Waals surface area contributed by atoms with Gasteiger partial charge in [0.15, 0.2) is 0 Å². The van der Waals surface area contributed by atoms with Gasteiger partial charge >= 0.3 is 6.18 Å². The van der Waals surface area contributed by atoms with Crippen molar-refractivity contribution in [3.05, 3.63) is 10.0 Å². The third kappa shape index (κ3) is 4.42. The van der Waals surface area contributed by atoms with Gasteiger partial charge in [-0.3, -0.25) is 0 Å². The lowest BCUT2D eigenvalue weighted by Crippen LogP contribution is -2.21. The minimum absolute atomic E-state index is 0.386. The third-order valence-corrected chi connectivity index (χ3v) is 2.74. The van der Waals surface area contributed by atoms with Gasteiger partial charge in [-0.1, -0.05) is 11.3 Å². The van der Waals surface area contributed by atoms with Gasteiger partial charge in [-0.15, -0.1) is 10.2 Å². The van der Waals surface area contributed by atoms with E-state index < -0.39 is 11.2 Å². The molecule has 0 amide bonds. The first kappa shape index (κ1) is 13.3. The number of rotatable bonds is 6. The lowest BCUT2D eigenvalue weighted by atomic mass is 10.4. The van der Waals surface area contributed by atoms with E-state index in [4.69, 9.17) is 4.74 Å². The molecule has 8 heteroatoms. The number of hydrogen-bond acceptors (Lipinski definition) is 5. The molecule has 0 atom stereocenters. The van der Waals surface area contributed by atoms with Crippen molar-refractivity contribution in [2.45, 2.75) is 12.6 Å². The molecule has 0 unspecified atom stereocenters. The van der Waals surface area contributed by atoms with E-state index in [0.29, 0.717) is 42.5 Å². The van der Waals surface area contributed by atoms with E-state index in [1.165, 1.54) is 0 Å². The number of alkyl halides is 3. The van der Waals surface area contributed by atoms with Crippen molar-refractivity contribution in [1.29, 1.82) is 0 Å². The van der Waals surface area contributed by atoms with E-state index in [1.807, 2.05) is 0 Å². The molecule has 0 aliphatic rings. The lowest BCUT2D eigenvalue weighted by Gasteiger charge is -2.01. The summed E-state index contributed by atoms with van der Waals surface area (Å²) in [4.78, 5) is 0. The average Bonchev–Trinajstić information content (AvgIpc) is 2.65. The van der Waals surface area contributed by atoms with E-state index in [9.17, 15) is 13.2 Å². The van der Waals surface area contributed by atoms with Crippen LogP contribution in [0.1, 0.15) is 10.0 Å². The first-order valence-corrected chi connectivity index (χ1v) is 5.45. The first-order valence-electron chi connectivity index (χ1n) is 4.63. The van der Waals surface area contributed by atoms with Crippen LogP contribution in [0.4, 0.5) is 13.2 Å². The van der Waals surface area contributed by atoms with Gasteiger partial charge in [0.25, 0.3) is 0 Å². The molecule has 4 nitrogen and oxygen atoms in total. The maximum absolute atomic E-state index is 12.2. The summed E-state index contributed by atoms with van der Waals surface area (Å²) in [5.41, 5.74) is 0. The first-order chi connectivity index (χ1) is 7.54. The van der Waals surface area contributed by atoms with Gasteiger partial charge in [0.2, 0.25) is 5.01 Å². The van der Waals surface area contributed by atoms with Crippen LogP contribution in [0.2, 0.25) is 0 Å². The Bertz CT molecular complexity index is 316. The fraction of sp³-hybridized carbons (Fsp3) is 0.750. The second kappa shape index (κ2) is 6.12. The van der Waals surface area contributed by atoms with E-state index in [1.54, 1.807) is 7.11 Å². The van der Waals surface area contributed by atoms with Crippen LogP contribution >= 0.6 is 11.3 Å². The molecule has 1 N–H and O–H groups in total. The summed E-state index contributed by atoms with van der Waals surface area (Å²) in [5, 5.41) is 9.08. The molecule has 0 fully saturated rings. The van der Waals surface area contributed by atoms with Gasteiger partial charge in [0.1, 0.15) is 5.01 Å². The lowest BCUT2D eigenvalue weighted by molar-refractivity contribution is -0.138. The van der Waals surface area contributed by atoms with Crippen LogP contribution in [0.5, 0.6) is 0 Å². The third-order valence-electron chi connectivity index (χ3n) is 1.71. The van der Waals surface area contributed by atoms with Crippen molar-refractivity contribution < 1.29 is 17.9 Å². The summed E-state index contributed by atoms with van der Waals surface area (Å²) >= 11 is 0.585. The fourth-order valence-electron chi connectivity index (χ4n) is 0.964. The Kier molecular flexibility index (Phi) is 5.10. The Balaban J connectivity index is 2.30. The summed E-state index contributed by atoms with van der Waals surface area (Å²) in [6.07, 6.45) is -3.95. The van der Waals surface area contributed by atoms with Gasteiger partial charge in [0, 0.05) is 26.6 Å². The highest BCUT2D eigenvalue weighted by molar-refractivity contribution is 7.11. The van der Waals surface area contributed by atoms with E-state index in [2.05, 4.69) is 15.5 Å². The number of aromatic nitrogens is 2. The van der Waals surface area contributed by atoms with Crippen molar-refractivity contribution in [1.82, 2.24) is 15.5 Å². The molecular formula is C8H12F3N3OS. The van der Waals surface area contributed by atoms with Gasteiger partial charge in [-0.05, 0) is 0 Å². The normalized spacial score (nSPS) is 12.0. The van der Waals surface area contributed by atoms with Crippen molar-refractivity contribution in [2.75, 3.05) is 26.8 Å². The molecule has 16 heavy (non-hydrogen) atoms. The SMILES string of the molecule is COCCNCCc1nnc(C(F)(F)F)s1. The fourth-order valence-corrected chi connectivity index (χ4v) is 1.67. The maximum Gasteiger partial charge on any atom is 0.445 e. The van der Waals surface area contributed by atoms with Crippen LogP contribution in [0.3, 0.4) is 0 Å². The summed E-state index contributed by atoms with van der Waals surface area (Å²) in [6.45, 7) is 1.81. The monoisotopic (exact) mass is 255 g/mol. The van der Waals surface area contributed by atoms with Crippen molar-refractivity contribution in [2.24, 2.45) is 0 Å². The number of halogens is 3. The van der Waals surface area contributed by atoms with E-state index in [0.717, 1.165) is 0 Å². The Morgan fingerprint density at radius 2 is 2.06 bits per heavy atom. The highest BCUT2D eigenvalue weighted by Gasteiger charge is 2.35. The number of nitrogens with zero attached hydrogens (tertiary/aromatic N) is 2. The topological polar surface area (TPSA) is 47.0 Å². The molecule has 0 saturated carbocycles. The van der Waals surface area contributed by atoms with Crippen LogP contribution < -0.4 is 5.32 Å². The zero-order valence-corrected chi connectivity index (χ0v) is 9.49. The van der Waals surface area contributed by atoms with E-state index >= 15 is 0 Å². The summed E-state index contributed by atoms with van der Waals surface area (Å²) in [6, 6.07) is 0. The number of nitrogens with one attached hydrogen (secondary N) is 1. The van der Waals surface area contributed by atoms with Gasteiger partial charge < -0.3 is 10.1 Å². The Labute approximate surface area is 94.8 Å². The minimum atomic E-state index is -4.39. The summed E-state index contributed by atoms with van der Waals surface area (Å²) in [7, 11) is 1.59. The molecule has 0 aromatic carbocycles. The minimum Gasteiger partial charge on any atom is -0.383 e. The van der Waals surface area contributed by atoms with Crippen molar-refractivity contribution in [3.8, 4) is 0 Å². The Morgan fingerprint density at radius 1 is 1.31 bits per heavy atom. The van der Waals surface area contributed by atoms with Gasteiger partial charge in [-0.2, -0.15) is 13.2 Å². The number of hydrogen-bond donors (Lipinski definition) is 1. The second-order valence-electron chi connectivity index (χ2n) is 2.99. The van der Waals surface area contributed by atoms with Gasteiger partial charge in [0.05, 0.1) is 6.61 Å². The van der Waals surface area contributed by atoms with Crippen LogP contribution in [0, 0.1) is 0 Å². The highest BCUT2D eigenvalue weighted by atomic mass is 32.1. The molecule has 0 aliphatic heterocycles. The maximum atomic E-state index is 12.2. The zero-order chi connectivity index (χ0) is 12.0. The molecule has 0 bridgehead atoms. The number of ether oxygens (including phenoxy) is 1. The van der Waals surface area contributed by atoms with E-state index in [-0.39, 0.29) is 0 Å². The van der Waals surface area contributed by atoms with Crippen molar-refractivity contribution in [3.63, 3.8) is 0 Å².